The number of amides is 2. The zero-order chi connectivity index (χ0) is 25.3. The normalized spacial score (nSPS) is 13.4. The van der Waals surface area contributed by atoms with Gasteiger partial charge in [-0.1, -0.05) is 74.0 Å². The van der Waals surface area contributed by atoms with Crippen molar-refractivity contribution in [2.75, 3.05) is 0 Å². The molecule has 2 aromatic carbocycles. The van der Waals surface area contributed by atoms with Gasteiger partial charge in [0.05, 0.1) is 6.04 Å². The zero-order valence-electron chi connectivity index (χ0n) is 19.8. The Kier molecular flexibility index (Phi) is 9.32. The third-order valence-corrected chi connectivity index (χ3v) is 5.23. The quantitative estimate of drug-likeness (QED) is 0.160. The molecule has 0 bridgehead atoms. The SMILES string of the molecule is CC(=O)O[C@](C(=O)Cc1cccc(C)c1)(C(=O)NN)[C@@H](NC(=O)OCc1ccccc1)C(C)C. The van der Waals surface area contributed by atoms with E-state index in [9.17, 15) is 19.2 Å². The number of ketones is 1. The number of nitrogens with two attached hydrogens (primary N) is 1. The van der Waals surface area contributed by atoms with Crippen LogP contribution < -0.4 is 16.6 Å². The molecule has 4 N–H and O–H groups in total. The molecule has 0 aliphatic carbocycles. The van der Waals surface area contributed by atoms with Crippen LogP contribution in [0.4, 0.5) is 4.79 Å². The minimum absolute atomic E-state index is 0.0294. The minimum Gasteiger partial charge on any atom is -0.445 e. The monoisotopic (exact) mass is 469 g/mol. The number of benzene rings is 2. The lowest BCUT2D eigenvalue weighted by molar-refractivity contribution is -0.177. The van der Waals surface area contributed by atoms with Gasteiger partial charge in [0.25, 0.3) is 11.5 Å². The molecule has 2 atom stereocenters. The number of ether oxygens (including phenoxy) is 2. The molecule has 182 valence electrons. The smallest absolute Gasteiger partial charge is 0.407 e. The number of Topliss-reactive ketones (excluding diaryl/α,β-unsaturated/α-hetero) is 1. The lowest BCUT2D eigenvalue weighted by Gasteiger charge is -2.38. The molecular formula is C25H31N3O6. The first-order valence-corrected chi connectivity index (χ1v) is 10.9. The lowest BCUT2D eigenvalue weighted by Crippen LogP contribution is -2.69. The summed E-state index contributed by atoms with van der Waals surface area (Å²) in [4.78, 5) is 51.4. The van der Waals surface area contributed by atoms with Gasteiger partial charge < -0.3 is 14.8 Å². The first kappa shape index (κ1) is 26.5. The Morgan fingerprint density at radius 1 is 1.00 bits per heavy atom. The maximum atomic E-state index is 13.6. The van der Waals surface area contributed by atoms with E-state index in [1.807, 2.05) is 24.5 Å². The molecule has 0 aromatic heterocycles. The Labute approximate surface area is 199 Å². The summed E-state index contributed by atoms with van der Waals surface area (Å²) in [5, 5.41) is 2.55. The average molecular weight is 470 g/mol. The number of hydrogen-bond acceptors (Lipinski definition) is 7. The molecule has 0 saturated heterocycles. The molecule has 9 nitrogen and oxygen atoms in total. The molecule has 34 heavy (non-hydrogen) atoms. The molecule has 0 aliphatic heterocycles. The first-order chi connectivity index (χ1) is 16.1. The number of carbonyl (C=O) groups excluding carboxylic acids is 4. The van der Waals surface area contributed by atoms with Crippen LogP contribution in [0, 0.1) is 12.8 Å². The number of carbonyl (C=O) groups is 4. The summed E-state index contributed by atoms with van der Waals surface area (Å²) in [7, 11) is 0. The summed E-state index contributed by atoms with van der Waals surface area (Å²) >= 11 is 0. The van der Waals surface area contributed by atoms with Crippen LogP contribution in [0.5, 0.6) is 0 Å². The predicted octanol–water partition coefficient (Wildman–Crippen LogP) is 2.35. The topological polar surface area (TPSA) is 137 Å². The van der Waals surface area contributed by atoms with E-state index in [4.69, 9.17) is 15.3 Å². The van der Waals surface area contributed by atoms with Crippen LogP contribution in [0.1, 0.15) is 37.5 Å². The highest BCUT2D eigenvalue weighted by atomic mass is 16.6. The third kappa shape index (κ3) is 6.64. The van der Waals surface area contributed by atoms with E-state index in [1.54, 1.807) is 56.3 Å². The molecule has 0 radical (unpaired) electrons. The summed E-state index contributed by atoms with van der Waals surface area (Å²) in [5.41, 5.74) is 1.79. The number of alkyl carbamates (subject to hydrolysis) is 1. The van der Waals surface area contributed by atoms with Crippen molar-refractivity contribution in [2.45, 2.75) is 52.4 Å². The van der Waals surface area contributed by atoms with Gasteiger partial charge in [0, 0.05) is 13.3 Å². The molecule has 2 amide bonds. The predicted molar refractivity (Wildman–Crippen MR) is 125 cm³/mol. The van der Waals surface area contributed by atoms with Gasteiger partial charge in [-0.25, -0.2) is 10.6 Å². The number of hydrogen-bond donors (Lipinski definition) is 3. The van der Waals surface area contributed by atoms with Crippen molar-refractivity contribution >= 4 is 23.8 Å². The Morgan fingerprint density at radius 3 is 2.21 bits per heavy atom. The van der Waals surface area contributed by atoms with Crippen LogP contribution in [0.3, 0.4) is 0 Å². The van der Waals surface area contributed by atoms with Gasteiger partial charge in [0.2, 0.25) is 0 Å². The molecule has 0 spiro atoms. The van der Waals surface area contributed by atoms with E-state index in [0.717, 1.165) is 18.1 Å². The third-order valence-electron chi connectivity index (χ3n) is 5.23. The van der Waals surface area contributed by atoms with Crippen molar-refractivity contribution in [2.24, 2.45) is 11.8 Å². The van der Waals surface area contributed by atoms with Gasteiger partial charge in [-0.3, -0.25) is 19.8 Å². The van der Waals surface area contributed by atoms with Gasteiger partial charge >= 0.3 is 12.1 Å². The van der Waals surface area contributed by atoms with Crippen LogP contribution in [-0.4, -0.2) is 35.4 Å². The maximum absolute atomic E-state index is 13.6. The second-order valence-corrected chi connectivity index (χ2v) is 8.32. The number of nitrogens with one attached hydrogen (secondary N) is 2. The van der Waals surface area contributed by atoms with E-state index < -0.39 is 41.3 Å². The van der Waals surface area contributed by atoms with E-state index >= 15 is 0 Å². The first-order valence-electron chi connectivity index (χ1n) is 10.9. The molecule has 0 aliphatic rings. The van der Waals surface area contributed by atoms with Crippen LogP contribution in [0.15, 0.2) is 54.6 Å². The van der Waals surface area contributed by atoms with E-state index in [-0.39, 0.29) is 13.0 Å². The number of hydrazine groups is 1. The van der Waals surface area contributed by atoms with Crippen molar-refractivity contribution in [3.05, 3.63) is 71.3 Å². The fourth-order valence-corrected chi connectivity index (χ4v) is 3.71. The summed E-state index contributed by atoms with van der Waals surface area (Å²) in [6.45, 7) is 6.25. The highest BCUT2D eigenvalue weighted by Gasteiger charge is 2.56. The van der Waals surface area contributed by atoms with Crippen LogP contribution in [-0.2, 0) is 36.9 Å². The summed E-state index contributed by atoms with van der Waals surface area (Å²) < 4.78 is 10.7. The fourth-order valence-electron chi connectivity index (χ4n) is 3.71. The Morgan fingerprint density at radius 2 is 1.65 bits per heavy atom. The number of aryl methyl sites for hydroxylation is 1. The molecular weight excluding hydrogens is 438 g/mol. The molecule has 2 aromatic rings. The van der Waals surface area contributed by atoms with Crippen molar-refractivity contribution in [3.63, 3.8) is 0 Å². The lowest BCUT2D eigenvalue weighted by atomic mass is 9.79. The van der Waals surface area contributed by atoms with Gasteiger partial charge in [-0.2, -0.15) is 0 Å². The molecule has 0 unspecified atom stereocenters. The highest BCUT2D eigenvalue weighted by molar-refractivity contribution is 6.12. The van der Waals surface area contributed by atoms with Gasteiger partial charge in [0.15, 0.2) is 5.78 Å². The fraction of sp³-hybridized carbons (Fsp3) is 0.360. The molecule has 0 fully saturated rings. The average Bonchev–Trinajstić information content (AvgIpc) is 2.79. The van der Waals surface area contributed by atoms with Crippen LogP contribution in [0.2, 0.25) is 0 Å². The summed E-state index contributed by atoms with van der Waals surface area (Å²) in [5.74, 6) is 2.21. The second-order valence-electron chi connectivity index (χ2n) is 8.32. The second kappa shape index (κ2) is 11.9. The van der Waals surface area contributed by atoms with Crippen LogP contribution in [0.25, 0.3) is 0 Å². The van der Waals surface area contributed by atoms with Crippen molar-refractivity contribution in [3.8, 4) is 0 Å². The van der Waals surface area contributed by atoms with Crippen molar-refractivity contribution < 1.29 is 28.7 Å². The largest absolute Gasteiger partial charge is 0.445 e. The van der Waals surface area contributed by atoms with E-state index in [1.165, 1.54) is 0 Å². The molecule has 9 heteroatoms. The summed E-state index contributed by atoms with van der Waals surface area (Å²) in [6.07, 6.45) is -1.11. The van der Waals surface area contributed by atoms with Crippen molar-refractivity contribution in [1.29, 1.82) is 0 Å². The zero-order valence-corrected chi connectivity index (χ0v) is 19.8. The van der Waals surface area contributed by atoms with Gasteiger partial charge in [-0.15, -0.1) is 0 Å². The van der Waals surface area contributed by atoms with Crippen LogP contribution >= 0.6 is 0 Å². The van der Waals surface area contributed by atoms with Gasteiger partial charge in [-0.05, 0) is 24.0 Å². The molecule has 0 heterocycles. The standard InChI is InChI=1S/C25H31N3O6/c1-16(2)22(27-24(32)33-15-19-10-6-5-7-11-19)25(23(31)28-26,34-18(4)29)21(30)14-20-12-8-9-17(3)13-20/h5-13,16,22H,14-15,26H2,1-4H3,(H,27,32)(H,28,31)/t22-,25-/m0/s1. The highest BCUT2D eigenvalue weighted by Crippen LogP contribution is 2.27. The molecule has 2 rings (SSSR count). The Hall–Kier alpha value is -3.72. The van der Waals surface area contributed by atoms with E-state index in [2.05, 4.69) is 5.32 Å². The Balaban J connectivity index is 2.40. The molecule has 0 saturated carbocycles. The van der Waals surface area contributed by atoms with Gasteiger partial charge in [0.1, 0.15) is 6.61 Å². The maximum Gasteiger partial charge on any atom is 0.407 e. The van der Waals surface area contributed by atoms with E-state index in [0.29, 0.717) is 5.56 Å². The summed E-state index contributed by atoms with van der Waals surface area (Å²) in [6, 6.07) is 14.9. The number of rotatable bonds is 10. The minimum atomic E-state index is -2.41. The Bertz CT molecular complexity index is 1020. The van der Waals surface area contributed by atoms with Crippen molar-refractivity contribution in [1.82, 2.24) is 10.7 Å². The number of esters is 1.